The summed E-state index contributed by atoms with van der Waals surface area (Å²) >= 11 is 1.72. The zero-order valence-corrected chi connectivity index (χ0v) is 16.2. The molecule has 0 radical (unpaired) electrons. The number of anilines is 2. The Kier molecular flexibility index (Phi) is 3.98. The summed E-state index contributed by atoms with van der Waals surface area (Å²) in [6.07, 6.45) is 7.09. The molecule has 0 amide bonds. The van der Waals surface area contributed by atoms with Gasteiger partial charge in [-0.3, -0.25) is 4.57 Å². The van der Waals surface area contributed by atoms with Crippen LogP contribution in [0.2, 0.25) is 0 Å². The second-order valence-corrected chi connectivity index (χ2v) is 7.67. The summed E-state index contributed by atoms with van der Waals surface area (Å²) in [5.41, 5.74) is 1.93. The van der Waals surface area contributed by atoms with Crippen LogP contribution in [0.4, 0.5) is 11.5 Å². The molecule has 5 rings (SSSR count). The van der Waals surface area contributed by atoms with E-state index in [1.807, 2.05) is 42.5 Å². The fraction of sp³-hybridized carbons (Fsp3) is 0.150. The van der Waals surface area contributed by atoms with Gasteiger partial charge in [-0.2, -0.15) is 4.98 Å². The zero-order chi connectivity index (χ0) is 19.1. The number of ether oxygens (including phenoxy) is 2. The number of aromatic nitrogens is 4. The fourth-order valence-electron chi connectivity index (χ4n) is 3.09. The van der Waals surface area contributed by atoms with Crippen LogP contribution in [-0.2, 0) is 0 Å². The van der Waals surface area contributed by atoms with Crippen LogP contribution in [0.15, 0.2) is 55.2 Å². The van der Waals surface area contributed by atoms with Gasteiger partial charge in [0, 0.05) is 47.1 Å². The van der Waals surface area contributed by atoms with E-state index in [9.17, 15) is 0 Å². The minimum Gasteiger partial charge on any atom is -0.454 e. The maximum Gasteiger partial charge on any atom is 0.236 e. The fourth-order valence-corrected chi connectivity index (χ4v) is 3.96. The minimum atomic E-state index is 0.251. The molecule has 0 saturated carbocycles. The summed E-state index contributed by atoms with van der Waals surface area (Å²) in [4.78, 5) is 17.9. The highest BCUT2D eigenvalue weighted by Crippen LogP contribution is 2.40. The molecule has 8 heteroatoms. The molecule has 0 aliphatic carbocycles. The van der Waals surface area contributed by atoms with Crippen molar-refractivity contribution in [3.8, 4) is 27.9 Å². The number of aryl methyl sites for hydroxylation is 1. The van der Waals surface area contributed by atoms with E-state index < -0.39 is 0 Å². The van der Waals surface area contributed by atoms with Crippen LogP contribution >= 0.6 is 11.3 Å². The van der Waals surface area contributed by atoms with Gasteiger partial charge in [-0.1, -0.05) is 0 Å². The molecular weight excluding hydrogens is 374 g/mol. The highest BCUT2D eigenvalue weighted by atomic mass is 32.1. The van der Waals surface area contributed by atoms with Crippen molar-refractivity contribution in [2.24, 2.45) is 0 Å². The van der Waals surface area contributed by atoms with Crippen molar-refractivity contribution in [3.05, 3.63) is 60.1 Å². The van der Waals surface area contributed by atoms with Gasteiger partial charge in [-0.05, 0) is 31.2 Å². The third kappa shape index (κ3) is 2.87. The van der Waals surface area contributed by atoms with Crippen LogP contribution in [0, 0.1) is 6.92 Å². The maximum absolute atomic E-state index is 5.53. The van der Waals surface area contributed by atoms with Gasteiger partial charge in [0.25, 0.3) is 0 Å². The van der Waals surface area contributed by atoms with Gasteiger partial charge in [-0.15, -0.1) is 11.3 Å². The molecule has 0 spiro atoms. The molecule has 0 fully saturated rings. The SMILES string of the molecule is Cc1ccc(-c2cnc(-n3ccnc3)nc2N(C)c2ccc3c(c2)OCO3)s1. The predicted octanol–water partition coefficient (Wildman–Crippen LogP) is 4.20. The third-order valence-electron chi connectivity index (χ3n) is 4.56. The maximum atomic E-state index is 5.53. The lowest BCUT2D eigenvalue weighted by Gasteiger charge is -2.21. The topological polar surface area (TPSA) is 65.3 Å². The first kappa shape index (κ1) is 16.8. The molecule has 3 aromatic heterocycles. The normalized spacial score (nSPS) is 12.4. The number of thiophene rings is 1. The monoisotopic (exact) mass is 391 g/mol. The van der Waals surface area contributed by atoms with E-state index in [1.165, 1.54) is 4.88 Å². The average molecular weight is 391 g/mol. The van der Waals surface area contributed by atoms with Gasteiger partial charge in [0.15, 0.2) is 11.5 Å². The van der Waals surface area contributed by atoms with Crippen LogP contribution < -0.4 is 14.4 Å². The van der Waals surface area contributed by atoms with Gasteiger partial charge in [0.05, 0.1) is 5.56 Å². The van der Waals surface area contributed by atoms with Gasteiger partial charge < -0.3 is 14.4 Å². The molecule has 0 bridgehead atoms. The molecule has 28 heavy (non-hydrogen) atoms. The van der Waals surface area contributed by atoms with Crippen molar-refractivity contribution in [1.82, 2.24) is 19.5 Å². The second kappa shape index (κ2) is 6.65. The summed E-state index contributed by atoms with van der Waals surface area (Å²) in [5.74, 6) is 2.87. The van der Waals surface area contributed by atoms with E-state index >= 15 is 0 Å². The Morgan fingerprint density at radius 3 is 2.82 bits per heavy atom. The smallest absolute Gasteiger partial charge is 0.236 e. The number of fused-ring (bicyclic) bond motifs is 1. The van der Waals surface area contributed by atoms with Crippen molar-refractivity contribution in [1.29, 1.82) is 0 Å². The molecule has 0 atom stereocenters. The van der Waals surface area contributed by atoms with Gasteiger partial charge in [0.1, 0.15) is 12.1 Å². The van der Waals surface area contributed by atoms with Gasteiger partial charge in [-0.25, -0.2) is 9.97 Å². The Morgan fingerprint density at radius 1 is 1.14 bits per heavy atom. The molecule has 1 aliphatic rings. The Hall–Kier alpha value is -3.39. The first-order chi connectivity index (χ1) is 13.7. The van der Waals surface area contributed by atoms with Gasteiger partial charge >= 0.3 is 0 Å². The van der Waals surface area contributed by atoms with Crippen molar-refractivity contribution in [2.45, 2.75) is 6.92 Å². The Balaban J connectivity index is 1.63. The quantitative estimate of drug-likeness (QED) is 0.520. The van der Waals surface area contributed by atoms with Crippen LogP contribution in [0.1, 0.15) is 4.88 Å². The van der Waals surface area contributed by atoms with Crippen molar-refractivity contribution >= 4 is 22.8 Å². The molecule has 0 unspecified atom stereocenters. The summed E-state index contributed by atoms with van der Waals surface area (Å²) in [6, 6.07) is 10.1. The number of hydrogen-bond acceptors (Lipinski definition) is 7. The lowest BCUT2D eigenvalue weighted by atomic mass is 10.2. The van der Waals surface area contributed by atoms with Gasteiger partial charge in [0.2, 0.25) is 12.7 Å². The molecule has 4 aromatic rings. The minimum absolute atomic E-state index is 0.251. The van der Waals surface area contributed by atoms with Crippen molar-refractivity contribution in [3.63, 3.8) is 0 Å². The summed E-state index contributed by atoms with van der Waals surface area (Å²) < 4.78 is 12.8. The van der Waals surface area contributed by atoms with Crippen LogP contribution in [0.5, 0.6) is 11.5 Å². The van der Waals surface area contributed by atoms with E-state index in [1.54, 1.807) is 28.4 Å². The van der Waals surface area contributed by atoms with Crippen LogP contribution in [0.3, 0.4) is 0 Å². The van der Waals surface area contributed by atoms with E-state index in [2.05, 4.69) is 29.0 Å². The molecule has 4 heterocycles. The lowest BCUT2D eigenvalue weighted by molar-refractivity contribution is 0.174. The Labute approximate surface area is 165 Å². The van der Waals surface area contributed by atoms with Crippen molar-refractivity contribution in [2.75, 3.05) is 18.7 Å². The number of nitrogens with zero attached hydrogens (tertiary/aromatic N) is 5. The average Bonchev–Trinajstić information content (AvgIpc) is 3.47. The number of imidazole rings is 1. The number of benzene rings is 1. The zero-order valence-electron chi connectivity index (χ0n) is 15.4. The van der Waals surface area contributed by atoms with E-state index in [-0.39, 0.29) is 6.79 Å². The summed E-state index contributed by atoms with van der Waals surface area (Å²) in [5, 5.41) is 0. The second-order valence-electron chi connectivity index (χ2n) is 6.38. The van der Waals surface area contributed by atoms with E-state index in [0.717, 1.165) is 33.4 Å². The largest absolute Gasteiger partial charge is 0.454 e. The molecule has 0 saturated heterocycles. The predicted molar refractivity (Wildman–Crippen MR) is 108 cm³/mol. The lowest BCUT2D eigenvalue weighted by Crippen LogP contribution is -2.14. The highest BCUT2D eigenvalue weighted by Gasteiger charge is 2.20. The summed E-state index contributed by atoms with van der Waals surface area (Å²) in [6.45, 7) is 2.34. The standard InChI is InChI=1S/C20H17N5O2S/c1-13-3-6-18(28-13)15-10-22-20(25-8-7-21-11-25)23-19(15)24(2)14-4-5-16-17(9-14)27-12-26-16/h3-11H,12H2,1-2H3. The summed E-state index contributed by atoms with van der Waals surface area (Å²) in [7, 11) is 1.99. The van der Waals surface area contributed by atoms with Crippen LogP contribution in [-0.4, -0.2) is 33.4 Å². The van der Waals surface area contributed by atoms with E-state index in [0.29, 0.717) is 5.95 Å². The molecule has 0 N–H and O–H groups in total. The molecule has 1 aromatic carbocycles. The number of hydrogen-bond donors (Lipinski definition) is 0. The van der Waals surface area contributed by atoms with E-state index in [4.69, 9.17) is 14.5 Å². The molecule has 7 nitrogen and oxygen atoms in total. The van der Waals surface area contributed by atoms with Crippen molar-refractivity contribution < 1.29 is 9.47 Å². The molecule has 1 aliphatic heterocycles. The third-order valence-corrected chi connectivity index (χ3v) is 5.59. The molecule has 140 valence electrons. The first-order valence-corrected chi connectivity index (χ1v) is 9.56. The van der Waals surface area contributed by atoms with Crippen LogP contribution in [0.25, 0.3) is 16.4 Å². The number of rotatable bonds is 4. The Morgan fingerprint density at radius 2 is 2.04 bits per heavy atom. The first-order valence-electron chi connectivity index (χ1n) is 8.74. The Bertz CT molecular complexity index is 1140. The molecular formula is C20H17N5O2S. The highest BCUT2D eigenvalue weighted by molar-refractivity contribution is 7.15.